The number of rotatable bonds is 2. The van der Waals surface area contributed by atoms with Crippen LogP contribution in [0.2, 0.25) is 0 Å². The minimum Gasteiger partial charge on any atom is -0.469 e. The van der Waals surface area contributed by atoms with Gasteiger partial charge in [0.15, 0.2) is 4.96 Å². The van der Waals surface area contributed by atoms with Crippen molar-refractivity contribution in [2.24, 2.45) is 0 Å². The van der Waals surface area contributed by atoms with Crippen LogP contribution in [0.3, 0.4) is 0 Å². The molecule has 0 amide bonds. The van der Waals surface area contributed by atoms with Gasteiger partial charge >= 0.3 is 0 Å². The van der Waals surface area contributed by atoms with Crippen LogP contribution in [0.5, 0.6) is 0 Å². The first kappa shape index (κ1) is 9.35. The van der Waals surface area contributed by atoms with Gasteiger partial charge in [0.2, 0.25) is 0 Å². The molecule has 0 unspecified atom stereocenters. The van der Waals surface area contributed by atoms with Crippen LogP contribution in [0, 0.1) is 0 Å². The lowest BCUT2D eigenvalue weighted by Crippen LogP contribution is -2.17. The Hall–Kier alpha value is -1.88. The third kappa shape index (κ3) is 1.45. The van der Waals surface area contributed by atoms with Gasteiger partial charge < -0.3 is 4.42 Å². The third-order valence-corrected chi connectivity index (χ3v) is 3.13. The zero-order chi connectivity index (χ0) is 11.0. The summed E-state index contributed by atoms with van der Waals surface area (Å²) in [5, 5.41) is 1.85. The Kier molecular flexibility index (Phi) is 2.11. The van der Waals surface area contributed by atoms with E-state index < -0.39 is 0 Å². The molecule has 0 bridgehead atoms. The van der Waals surface area contributed by atoms with Gasteiger partial charge in [0, 0.05) is 29.8 Å². The molecule has 0 fully saturated rings. The Morgan fingerprint density at radius 3 is 3.25 bits per heavy atom. The molecule has 0 aliphatic heterocycles. The van der Waals surface area contributed by atoms with Crippen LogP contribution in [0.15, 0.2) is 45.4 Å². The van der Waals surface area contributed by atoms with Gasteiger partial charge in [-0.15, -0.1) is 11.3 Å². The van der Waals surface area contributed by atoms with Crippen LogP contribution in [-0.4, -0.2) is 9.38 Å². The number of thiazole rings is 1. The van der Waals surface area contributed by atoms with E-state index in [0.29, 0.717) is 16.9 Å². The van der Waals surface area contributed by atoms with Gasteiger partial charge in [0.25, 0.3) is 5.56 Å². The number of nitrogens with zero attached hydrogens (tertiary/aromatic N) is 2. The van der Waals surface area contributed by atoms with Crippen molar-refractivity contribution < 1.29 is 4.42 Å². The summed E-state index contributed by atoms with van der Waals surface area (Å²) in [6.07, 6.45) is 5.44. The van der Waals surface area contributed by atoms with Crippen molar-refractivity contribution >= 4 is 16.3 Å². The zero-order valence-electron chi connectivity index (χ0n) is 8.29. The van der Waals surface area contributed by atoms with Gasteiger partial charge in [-0.25, -0.2) is 4.98 Å². The molecule has 0 spiro atoms. The van der Waals surface area contributed by atoms with E-state index in [1.54, 1.807) is 23.1 Å². The van der Waals surface area contributed by atoms with Crippen molar-refractivity contribution in [3.8, 4) is 0 Å². The second kappa shape index (κ2) is 3.61. The molecule has 0 saturated heterocycles. The Bertz CT molecular complexity index is 667. The molecular weight excluding hydrogens is 224 g/mol. The fraction of sp³-hybridized carbons (Fsp3) is 0.0909. The first-order chi connectivity index (χ1) is 7.84. The molecule has 16 heavy (non-hydrogen) atoms. The maximum atomic E-state index is 12.0. The second-order valence-electron chi connectivity index (χ2n) is 3.40. The summed E-state index contributed by atoms with van der Waals surface area (Å²) in [6, 6.07) is 3.66. The number of hydrogen-bond donors (Lipinski definition) is 0. The molecule has 0 aromatic carbocycles. The Labute approximate surface area is 94.8 Å². The highest BCUT2D eigenvalue weighted by atomic mass is 32.1. The first-order valence-corrected chi connectivity index (χ1v) is 5.69. The molecule has 0 radical (unpaired) electrons. The van der Waals surface area contributed by atoms with E-state index in [2.05, 4.69) is 4.98 Å². The smallest absolute Gasteiger partial charge is 0.262 e. The topological polar surface area (TPSA) is 47.5 Å². The zero-order valence-corrected chi connectivity index (χ0v) is 9.11. The van der Waals surface area contributed by atoms with Crippen LogP contribution < -0.4 is 5.56 Å². The Balaban J connectivity index is 2.10. The number of hydrogen-bond acceptors (Lipinski definition) is 4. The molecule has 0 aliphatic rings. The molecule has 3 aromatic rings. The van der Waals surface area contributed by atoms with E-state index in [1.165, 1.54) is 11.3 Å². The summed E-state index contributed by atoms with van der Waals surface area (Å²) >= 11 is 1.45. The molecule has 4 nitrogen and oxygen atoms in total. The lowest BCUT2D eigenvalue weighted by molar-refractivity contribution is 0.520. The minimum absolute atomic E-state index is 0.0253. The molecule has 80 valence electrons. The molecule has 3 aromatic heterocycles. The monoisotopic (exact) mass is 232 g/mol. The average molecular weight is 232 g/mol. The number of fused-ring (bicyclic) bond motifs is 1. The second-order valence-corrected chi connectivity index (χ2v) is 4.27. The Morgan fingerprint density at radius 1 is 1.50 bits per heavy atom. The van der Waals surface area contributed by atoms with Crippen molar-refractivity contribution in [1.29, 1.82) is 0 Å². The normalized spacial score (nSPS) is 11.0. The number of aromatic nitrogens is 2. The van der Waals surface area contributed by atoms with Crippen LogP contribution in [0.25, 0.3) is 4.96 Å². The summed E-state index contributed by atoms with van der Waals surface area (Å²) in [5.74, 6) is 0.772. The van der Waals surface area contributed by atoms with Gasteiger partial charge in [-0.1, -0.05) is 0 Å². The van der Waals surface area contributed by atoms with E-state index in [0.717, 1.165) is 5.76 Å². The molecule has 0 atom stereocenters. The fourth-order valence-electron chi connectivity index (χ4n) is 1.59. The van der Waals surface area contributed by atoms with Crippen LogP contribution in [0.1, 0.15) is 11.3 Å². The highest BCUT2D eigenvalue weighted by Gasteiger charge is 2.07. The van der Waals surface area contributed by atoms with Crippen LogP contribution in [0.4, 0.5) is 0 Å². The van der Waals surface area contributed by atoms with E-state index in [1.807, 2.05) is 17.5 Å². The Morgan fingerprint density at radius 2 is 2.44 bits per heavy atom. The summed E-state index contributed by atoms with van der Waals surface area (Å²) in [5.41, 5.74) is 0.619. The maximum Gasteiger partial charge on any atom is 0.262 e. The lowest BCUT2D eigenvalue weighted by Gasteiger charge is -1.98. The lowest BCUT2D eigenvalue weighted by atomic mass is 10.2. The fourth-order valence-corrected chi connectivity index (χ4v) is 2.26. The van der Waals surface area contributed by atoms with E-state index in [4.69, 9.17) is 4.42 Å². The van der Waals surface area contributed by atoms with Crippen LogP contribution in [-0.2, 0) is 6.42 Å². The third-order valence-electron chi connectivity index (χ3n) is 2.36. The number of furan rings is 1. The van der Waals surface area contributed by atoms with E-state index in [-0.39, 0.29) is 5.56 Å². The van der Waals surface area contributed by atoms with Gasteiger partial charge in [0.05, 0.1) is 6.26 Å². The SMILES string of the molecule is O=c1c(Cc2ccco2)cnc2sccn12. The molecular formula is C11H8N2O2S. The molecule has 3 rings (SSSR count). The summed E-state index contributed by atoms with van der Waals surface area (Å²) in [6.45, 7) is 0. The average Bonchev–Trinajstić information content (AvgIpc) is 2.93. The van der Waals surface area contributed by atoms with Gasteiger partial charge in [0.1, 0.15) is 5.76 Å². The van der Waals surface area contributed by atoms with Gasteiger partial charge in [-0.3, -0.25) is 9.20 Å². The van der Waals surface area contributed by atoms with E-state index >= 15 is 0 Å². The van der Waals surface area contributed by atoms with Crippen molar-refractivity contribution in [1.82, 2.24) is 9.38 Å². The highest BCUT2D eigenvalue weighted by molar-refractivity contribution is 7.15. The van der Waals surface area contributed by atoms with Gasteiger partial charge in [-0.2, -0.15) is 0 Å². The van der Waals surface area contributed by atoms with Crippen molar-refractivity contribution in [2.45, 2.75) is 6.42 Å². The van der Waals surface area contributed by atoms with Gasteiger partial charge in [-0.05, 0) is 12.1 Å². The van der Waals surface area contributed by atoms with E-state index in [9.17, 15) is 4.79 Å². The predicted molar refractivity (Wildman–Crippen MR) is 60.9 cm³/mol. The molecule has 0 aliphatic carbocycles. The highest BCUT2D eigenvalue weighted by Crippen LogP contribution is 2.09. The van der Waals surface area contributed by atoms with Crippen LogP contribution >= 0.6 is 11.3 Å². The maximum absolute atomic E-state index is 12.0. The largest absolute Gasteiger partial charge is 0.469 e. The molecule has 5 heteroatoms. The first-order valence-electron chi connectivity index (χ1n) is 4.81. The predicted octanol–water partition coefficient (Wildman–Crippen LogP) is 1.94. The quantitative estimate of drug-likeness (QED) is 0.678. The molecule has 3 heterocycles. The summed E-state index contributed by atoms with van der Waals surface area (Å²) < 4.78 is 6.77. The summed E-state index contributed by atoms with van der Waals surface area (Å²) in [4.78, 5) is 16.9. The minimum atomic E-state index is -0.0253. The van der Waals surface area contributed by atoms with Crippen molar-refractivity contribution in [2.75, 3.05) is 0 Å². The van der Waals surface area contributed by atoms with Crippen molar-refractivity contribution in [3.63, 3.8) is 0 Å². The summed E-state index contributed by atoms with van der Waals surface area (Å²) in [7, 11) is 0. The molecule has 0 saturated carbocycles. The standard InChI is InChI=1S/C11H8N2O2S/c14-10-8(6-9-2-1-4-15-9)7-12-11-13(10)3-5-16-11/h1-5,7H,6H2. The van der Waals surface area contributed by atoms with Crippen molar-refractivity contribution in [3.05, 3.63) is 57.8 Å². The molecule has 0 N–H and O–H groups in total.